The number of anilines is 1. The number of phenols is 1. The first kappa shape index (κ1) is 13.5. The second-order valence-corrected chi connectivity index (χ2v) is 5.07. The summed E-state index contributed by atoms with van der Waals surface area (Å²) in [5, 5.41) is 12.3. The third kappa shape index (κ3) is 3.12. The highest BCUT2D eigenvalue weighted by atomic mass is 79.9. The molecule has 1 aromatic carbocycles. The summed E-state index contributed by atoms with van der Waals surface area (Å²) < 4.78 is 0.887. The number of aromatic hydroxyl groups is 1. The molecule has 0 saturated heterocycles. The highest BCUT2D eigenvalue weighted by Gasteiger charge is 2.09. The number of carbonyl (C=O) groups is 1. The Labute approximate surface area is 119 Å². The zero-order valence-electron chi connectivity index (χ0n) is 10.6. The number of nitrogens with one attached hydrogen (secondary N) is 1. The molecular formula is C14H13BrN2O2. The minimum atomic E-state index is -0.301. The summed E-state index contributed by atoms with van der Waals surface area (Å²) in [5.74, 6) is 0.280. The molecule has 0 aliphatic rings. The maximum atomic E-state index is 12.0. The number of hydrogen-bond donors (Lipinski definition) is 2. The Kier molecular flexibility index (Phi) is 3.85. The van der Waals surface area contributed by atoms with Crippen molar-refractivity contribution < 1.29 is 9.90 Å². The van der Waals surface area contributed by atoms with E-state index in [2.05, 4.69) is 26.2 Å². The fourth-order valence-corrected chi connectivity index (χ4v) is 1.77. The molecule has 2 aromatic rings. The Balaban J connectivity index is 2.20. The lowest BCUT2D eigenvalue weighted by Gasteiger charge is -2.07. The van der Waals surface area contributed by atoms with Crippen molar-refractivity contribution in [1.82, 2.24) is 4.98 Å². The van der Waals surface area contributed by atoms with E-state index >= 15 is 0 Å². The van der Waals surface area contributed by atoms with Crippen molar-refractivity contribution in [3.63, 3.8) is 0 Å². The van der Waals surface area contributed by atoms with E-state index in [1.54, 1.807) is 25.1 Å². The second kappa shape index (κ2) is 5.40. The second-order valence-electron chi connectivity index (χ2n) is 4.22. The van der Waals surface area contributed by atoms with Crippen LogP contribution in [-0.4, -0.2) is 16.0 Å². The van der Waals surface area contributed by atoms with E-state index in [0.29, 0.717) is 11.4 Å². The number of aromatic nitrogens is 1. The van der Waals surface area contributed by atoms with Crippen LogP contribution in [0.15, 0.2) is 34.8 Å². The van der Waals surface area contributed by atoms with Gasteiger partial charge in [0.05, 0.1) is 5.69 Å². The number of nitrogens with zero attached hydrogens (tertiary/aromatic N) is 1. The maximum Gasteiger partial charge on any atom is 0.256 e. The number of hydrogen-bond acceptors (Lipinski definition) is 3. The molecule has 0 saturated carbocycles. The molecule has 0 fully saturated rings. The summed E-state index contributed by atoms with van der Waals surface area (Å²) in [7, 11) is 0. The van der Waals surface area contributed by atoms with Crippen LogP contribution in [0.2, 0.25) is 0 Å². The van der Waals surface area contributed by atoms with Crippen LogP contribution in [0.4, 0.5) is 5.82 Å². The smallest absolute Gasteiger partial charge is 0.256 e. The van der Waals surface area contributed by atoms with Gasteiger partial charge in [0.25, 0.3) is 5.91 Å². The summed E-state index contributed by atoms with van der Waals surface area (Å²) >= 11 is 3.35. The van der Waals surface area contributed by atoms with Crippen LogP contribution >= 0.6 is 15.9 Å². The monoisotopic (exact) mass is 320 g/mol. The molecule has 0 spiro atoms. The summed E-state index contributed by atoms with van der Waals surface area (Å²) in [6, 6.07) is 8.34. The third-order valence-corrected chi connectivity index (χ3v) is 3.57. The molecule has 0 aliphatic carbocycles. The Hall–Kier alpha value is -1.88. The first-order chi connectivity index (χ1) is 8.97. The number of amides is 1. The van der Waals surface area contributed by atoms with Gasteiger partial charge >= 0.3 is 0 Å². The molecule has 5 heteroatoms. The van der Waals surface area contributed by atoms with E-state index < -0.39 is 0 Å². The number of pyridine rings is 1. The van der Waals surface area contributed by atoms with Gasteiger partial charge in [-0.25, -0.2) is 4.98 Å². The third-order valence-electron chi connectivity index (χ3n) is 2.73. The number of carbonyl (C=O) groups excluding carboxylic acids is 1. The zero-order valence-corrected chi connectivity index (χ0v) is 12.2. The SMILES string of the molecule is Cc1ccc(C(=O)Nc2ccc(Br)c(C)n2)cc1O. The number of phenolic OH excluding ortho intramolecular Hbond substituents is 1. The van der Waals surface area contributed by atoms with Gasteiger partial charge in [0.1, 0.15) is 11.6 Å². The Morgan fingerprint density at radius 3 is 2.63 bits per heavy atom. The quantitative estimate of drug-likeness (QED) is 0.891. The van der Waals surface area contributed by atoms with Crippen molar-refractivity contribution in [1.29, 1.82) is 0 Å². The van der Waals surface area contributed by atoms with Crippen molar-refractivity contribution >= 4 is 27.7 Å². The molecule has 0 aliphatic heterocycles. The van der Waals surface area contributed by atoms with Crippen LogP contribution < -0.4 is 5.32 Å². The lowest BCUT2D eigenvalue weighted by molar-refractivity contribution is 0.102. The average molecular weight is 321 g/mol. The topological polar surface area (TPSA) is 62.2 Å². The van der Waals surface area contributed by atoms with E-state index in [1.165, 1.54) is 6.07 Å². The molecule has 4 nitrogen and oxygen atoms in total. The standard InChI is InChI=1S/C14H13BrN2O2/c1-8-3-4-10(7-12(8)18)14(19)17-13-6-5-11(15)9(2)16-13/h3-7,18H,1-2H3,(H,16,17,19). The minimum Gasteiger partial charge on any atom is -0.508 e. The highest BCUT2D eigenvalue weighted by Crippen LogP contribution is 2.19. The van der Waals surface area contributed by atoms with Gasteiger partial charge in [-0.05, 0) is 59.6 Å². The molecule has 0 bridgehead atoms. The fourth-order valence-electron chi connectivity index (χ4n) is 1.55. The van der Waals surface area contributed by atoms with Crippen LogP contribution in [0.25, 0.3) is 0 Å². The predicted octanol–water partition coefficient (Wildman–Crippen LogP) is 3.42. The molecule has 0 atom stereocenters. The van der Waals surface area contributed by atoms with Crippen molar-refractivity contribution in [2.75, 3.05) is 5.32 Å². The lowest BCUT2D eigenvalue weighted by Crippen LogP contribution is -2.13. The van der Waals surface area contributed by atoms with Crippen LogP contribution in [0.5, 0.6) is 5.75 Å². The van der Waals surface area contributed by atoms with Gasteiger partial charge < -0.3 is 10.4 Å². The molecule has 98 valence electrons. The largest absolute Gasteiger partial charge is 0.508 e. The van der Waals surface area contributed by atoms with Crippen LogP contribution in [0.1, 0.15) is 21.6 Å². The normalized spacial score (nSPS) is 10.3. The fraction of sp³-hybridized carbons (Fsp3) is 0.143. The Morgan fingerprint density at radius 1 is 1.26 bits per heavy atom. The first-order valence-electron chi connectivity index (χ1n) is 5.71. The maximum absolute atomic E-state index is 12.0. The van der Waals surface area contributed by atoms with Crippen LogP contribution in [0, 0.1) is 13.8 Å². The van der Waals surface area contributed by atoms with E-state index in [-0.39, 0.29) is 11.7 Å². The number of halogens is 1. The van der Waals surface area contributed by atoms with Crippen molar-refractivity contribution in [3.8, 4) is 5.75 Å². The molecule has 19 heavy (non-hydrogen) atoms. The van der Waals surface area contributed by atoms with Crippen molar-refractivity contribution in [2.45, 2.75) is 13.8 Å². The number of rotatable bonds is 2. The van der Waals surface area contributed by atoms with Gasteiger partial charge in [0, 0.05) is 10.0 Å². The summed E-state index contributed by atoms with van der Waals surface area (Å²) in [6.45, 7) is 3.62. The van der Waals surface area contributed by atoms with Gasteiger partial charge in [-0.15, -0.1) is 0 Å². The van der Waals surface area contributed by atoms with Gasteiger partial charge in [-0.1, -0.05) is 6.07 Å². The minimum absolute atomic E-state index is 0.104. The number of benzene rings is 1. The van der Waals surface area contributed by atoms with E-state index in [9.17, 15) is 9.90 Å². The van der Waals surface area contributed by atoms with Gasteiger partial charge in [0.2, 0.25) is 0 Å². The Bertz CT molecular complexity index is 641. The van der Waals surface area contributed by atoms with Gasteiger partial charge in [-0.3, -0.25) is 4.79 Å². The van der Waals surface area contributed by atoms with Gasteiger partial charge in [-0.2, -0.15) is 0 Å². The van der Waals surface area contributed by atoms with E-state index in [4.69, 9.17) is 0 Å². The predicted molar refractivity (Wildman–Crippen MR) is 77.5 cm³/mol. The average Bonchev–Trinajstić information content (AvgIpc) is 2.37. The molecular weight excluding hydrogens is 308 g/mol. The van der Waals surface area contributed by atoms with E-state index in [0.717, 1.165) is 15.7 Å². The van der Waals surface area contributed by atoms with Gasteiger partial charge in [0.15, 0.2) is 0 Å². The lowest BCUT2D eigenvalue weighted by atomic mass is 10.1. The zero-order chi connectivity index (χ0) is 14.0. The molecule has 0 radical (unpaired) electrons. The molecule has 1 amide bonds. The Morgan fingerprint density at radius 2 is 2.00 bits per heavy atom. The summed E-state index contributed by atoms with van der Waals surface area (Å²) in [4.78, 5) is 16.2. The van der Waals surface area contributed by atoms with Crippen molar-refractivity contribution in [3.05, 3.63) is 51.6 Å². The van der Waals surface area contributed by atoms with Crippen molar-refractivity contribution in [2.24, 2.45) is 0 Å². The molecule has 2 rings (SSSR count). The number of aryl methyl sites for hydroxylation is 2. The first-order valence-corrected chi connectivity index (χ1v) is 6.51. The summed E-state index contributed by atoms with van der Waals surface area (Å²) in [6.07, 6.45) is 0. The van der Waals surface area contributed by atoms with Crippen LogP contribution in [0.3, 0.4) is 0 Å². The van der Waals surface area contributed by atoms with E-state index in [1.807, 2.05) is 13.0 Å². The highest BCUT2D eigenvalue weighted by molar-refractivity contribution is 9.10. The molecule has 1 aromatic heterocycles. The molecule has 0 unspecified atom stereocenters. The molecule has 2 N–H and O–H groups in total. The molecule has 1 heterocycles. The van der Waals surface area contributed by atoms with Crippen LogP contribution in [-0.2, 0) is 0 Å². The summed E-state index contributed by atoms with van der Waals surface area (Å²) in [5.41, 5.74) is 1.92.